The molecule has 0 aromatic carbocycles. The van der Waals surface area contributed by atoms with Crippen molar-refractivity contribution in [3.05, 3.63) is 11.1 Å². The van der Waals surface area contributed by atoms with Crippen LogP contribution in [0.5, 0.6) is 0 Å². The van der Waals surface area contributed by atoms with E-state index in [0.717, 1.165) is 18.5 Å². The zero-order chi connectivity index (χ0) is 7.73. The molecule has 1 aliphatic rings. The first-order valence-corrected chi connectivity index (χ1v) is 4.08. The Morgan fingerprint density at radius 3 is 3.00 bits per heavy atom. The van der Waals surface area contributed by atoms with Crippen LogP contribution in [0, 0.1) is 0 Å². The highest BCUT2D eigenvalue weighted by atomic mass is 32.1. The molecule has 0 unspecified atom stereocenters. The predicted octanol–water partition coefficient (Wildman–Crippen LogP) is 0.863. The van der Waals surface area contributed by atoms with Gasteiger partial charge < -0.3 is 0 Å². The standard InChI is InChI=1S/C6H5N3OS/c10-4-7-6(1-2-6)5-3-11-9-8-5/h3H,1-2H2. The lowest BCUT2D eigenvalue weighted by atomic mass is 10.2. The monoisotopic (exact) mass is 167 g/mol. The first-order valence-electron chi connectivity index (χ1n) is 3.24. The maximum atomic E-state index is 10.0. The summed E-state index contributed by atoms with van der Waals surface area (Å²) in [6.07, 6.45) is 3.36. The minimum Gasteiger partial charge on any atom is -0.211 e. The third-order valence-corrected chi connectivity index (χ3v) is 2.32. The van der Waals surface area contributed by atoms with Crippen LogP contribution in [0.25, 0.3) is 0 Å². The first-order chi connectivity index (χ1) is 5.37. The van der Waals surface area contributed by atoms with E-state index in [0.29, 0.717) is 0 Å². The quantitative estimate of drug-likeness (QED) is 0.485. The van der Waals surface area contributed by atoms with Gasteiger partial charge in [0.1, 0.15) is 11.2 Å². The van der Waals surface area contributed by atoms with Crippen molar-refractivity contribution < 1.29 is 4.79 Å². The molecule has 0 saturated heterocycles. The van der Waals surface area contributed by atoms with Gasteiger partial charge in [-0.2, -0.15) is 4.99 Å². The molecule has 1 aromatic rings. The van der Waals surface area contributed by atoms with Gasteiger partial charge in [-0.15, -0.1) is 5.10 Å². The second-order valence-corrected chi connectivity index (χ2v) is 3.13. The van der Waals surface area contributed by atoms with Crippen LogP contribution in [-0.4, -0.2) is 15.7 Å². The summed E-state index contributed by atoms with van der Waals surface area (Å²) in [4.78, 5) is 13.7. The van der Waals surface area contributed by atoms with Crippen molar-refractivity contribution in [1.29, 1.82) is 0 Å². The van der Waals surface area contributed by atoms with Gasteiger partial charge in [0, 0.05) is 5.38 Å². The molecule has 0 bridgehead atoms. The maximum absolute atomic E-state index is 10.0. The lowest BCUT2D eigenvalue weighted by Crippen LogP contribution is -2.02. The summed E-state index contributed by atoms with van der Waals surface area (Å²) >= 11 is 1.28. The average Bonchev–Trinajstić information content (AvgIpc) is 2.63. The van der Waals surface area contributed by atoms with Crippen LogP contribution in [-0.2, 0) is 10.3 Å². The summed E-state index contributed by atoms with van der Waals surface area (Å²) in [7, 11) is 0. The number of isocyanates is 1. The van der Waals surface area contributed by atoms with Gasteiger partial charge in [0.25, 0.3) is 0 Å². The van der Waals surface area contributed by atoms with Crippen molar-refractivity contribution in [1.82, 2.24) is 9.59 Å². The lowest BCUT2D eigenvalue weighted by Gasteiger charge is -1.98. The third-order valence-electron chi connectivity index (χ3n) is 1.82. The molecule has 2 rings (SSSR count). The SMILES string of the molecule is O=C=NC1(c2csnn2)CC1. The van der Waals surface area contributed by atoms with Crippen LogP contribution in [0.3, 0.4) is 0 Å². The summed E-state index contributed by atoms with van der Waals surface area (Å²) in [6.45, 7) is 0. The van der Waals surface area contributed by atoms with E-state index < -0.39 is 0 Å². The van der Waals surface area contributed by atoms with E-state index in [4.69, 9.17) is 0 Å². The summed E-state index contributed by atoms with van der Waals surface area (Å²) in [5.74, 6) is 0. The molecular weight excluding hydrogens is 162 g/mol. The summed E-state index contributed by atoms with van der Waals surface area (Å²) < 4.78 is 3.71. The highest BCUT2D eigenvalue weighted by Crippen LogP contribution is 2.48. The molecule has 0 amide bonds. The average molecular weight is 167 g/mol. The van der Waals surface area contributed by atoms with E-state index in [1.165, 1.54) is 11.5 Å². The Hall–Kier alpha value is -1.06. The van der Waals surface area contributed by atoms with Crippen LogP contribution in [0.15, 0.2) is 10.4 Å². The summed E-state index contributed by atoms with van der Waals surface area (Å²) in [5.41, 5.74) is 0.472. The lowest BCUT2D eigenvalue weighted by molar-refractivity contribution is 0.555. The number of aliphatic imine (C=N–C) groups is 1. The number of aromatic nitrogens is 2. The minimum absolute atomic E-state index is 0.339. The highest BCUT2D eigenvalue weighted by molar-refractivity contribution is 7.03. The fraction of sp³-hybridized carbons (Fsp3) is 0.500. The normalized spacial score (nSPS) is 18.9. The molecule has 1 aromatic heterocycles. The van der Waals surface area contributed by atoms with Crippen LogP contribution >= 0.6 is 11.5 Å². The van der Waals surface area contributed by atoms with Gasteiger partial charge in [0.2, 0.25) is 6.08 Å². The third kappa shape index (κ3) is 0.982. The second-order valence-electron chi connectivity index (χ2n) is 2.52. The second kappa shape index (κ2) is 2.22. The zero-order valence-electron chi connectivity index (χ0n) is 5.65. The van der Waals surface area contributed by atoms with Gasteiger partial charge in [0.05, 0.1) is 0 Å². The van der Waals surface area contributed by atoms with E-state index in [1.54, 1.807) is 6.08 Å². The number of hydrogen-bond donors (Lipinski definition) is 0. The Balaban J connectivity index is 2.35. The van der Waals surface area contributed by atoms with E-state index >= 15 is 0 Å². The molecule has 0 spiro atoms. The smallest absolute Gasteiger partial charge is 0.211 e. The fourth-order valence-electron chi connectivity index (χ4n) is 0.998. The first kappa shape index (κ1) is 6.64. The van der Waals surface area contributed by atoms with Crippen molar-refractivity contribution in [3.63, 3.8) is 0 Å². The topological polar surface area (TPSA) is 55.2 Å². The van der Waals surface area contributed by atoms with Gasteiger partial charge in [0.15, 0.2) is 0 Å². The van der Waals surface area contributed by atoms with Crippen molar-refractivity contribution in [2.24, 2.45) is 4.99 Å². The Morgan fingerprint density at radius 2 is 2.55 bits per heavy atom. The number of nitrogens with zero attached hydrogens (tertiary/aromatic N) is 3. The molecule has 5 heteroatoms. The van der Waals surface area contributed by atoms with Gasteiger partial charge >= 0.3 is 0 Å². The predicted molar refractivity (Wildman–Crippen MR) is 38.9 cm³/mol. The Bertz CT molecular complexity index is 298. The molecule has 0 radical (unpaired) electrons. The molecule has 0 aliphatic heterocycles. The van der Waals surface area contributed by atoms with Gasteiger partial charge in [-0.3, -0.25) is 0 Å². The molecule has 0 N–H and O–H groups in total. The Kier molecular flexibility index (Phi) is 1.34. The van der Waals surface area contributed by atoms with Crippen LogP contribution in [0.2, 0.25) is 0 Å². The Labute approximate surface area is 67.1 Å². The molecule has 56 valence electrons. The maximum Gasteiger partial charge on any atom is 0.235 e. The minimum atomic E-state index is -0.339. The van der Waals surface area contributed by atoms with Crippen LogP contribution in [0.1, 0.15) is 18.5 Å². The fourth-order valence-corrected chi connectivity index (χ4v) is 1.55. The molecular formula is C6H5N3OS. The summed E-state index contributed by atoms with van der Waals surface area (Å²) in [5, 5.41) is 5.69. The largest absolute Gasteiger partial charge is 0.235 e. The summed E-state index contributed by atoms with van der Waals surface area (Å²) in [6, 6.07) is 0. The van der Waals surface area contributed by atoms with Crippen molar-refractivity contribution in [3.8, 4) is 0 Å². The highest BCUT2D eigenvalue weighted by Gasteiger charge is 2.47. The number of rotatable bonds is 2. The van der Waals surface area contributed by atoms with E-state index in [-0.39, 0.29) is 5.54 Å². The molecule has 1 saturated carbocycles. The molecule has 11 heavy (non-hydrogen) atoms. The van der Waals surface area contributed by atoms with Gasteiger partial charge in [-0.1, -0.05) is 4.49 Å². The zero-order valence-corrected chi connectivity index (χ0v) is 6.47. The molecule has 1 heterocycles. The van der Waals surface area contributed by atoms with Gasteiger partial charge in [-0.25, -0.2) is 4.79 Å². The molecule has 4 nitrogen and oxygen atoms in total. The van der Waals surface area contributed by atoms with Crippen molar-refractivity contribution in [2.45, 2.75) is 18.4 Å². The molecule has 0 atom stereocenters. The van der Waals surface area contributed by atoms with Crippen molar-refractivity contribution >= 4 is 17.6 Å². The van der Waals surface area contributed by atoms with Crippen LogP contribution < -0.4 is 0 Å². The number of hydrogen-bond acceptors (Lipinski definition) is 5. The molecule has 1 fully saturated rings. The van der Waals surface area contributed by atoms with Crippen molar-refractivity contribution in [2.75, 3.05) is 0 Å². The molecule has 1 aliphatic carbocycles. The van der Waals surface area contributed by atoms with Gasteiger partial charge in [-0.05, 0) is 24.4 Å². The Morgan fingerprint density at radius 1 is 1.73 bits per heavy atom. The van der Waals surface area contributed by atoms with E-state index in [2.05, 4.69) is 14.6 Å². The number of carbonyl (C=O) groups excluding carboxylic acids is 1. The van der Waals surface area contributed by atoms with E-state index in [1.807, 2.05) is 5.38 Å². The van der Waals surface area contributed by atoms with E-state index in [9.17, 15) is 4.79 Å². The van der Waals surface area contributed by atoms with Crippen LogP contribution in [0.4, 0.5) is 0 Å².